The van der Waals surface area contributed by atoms with Crippen molar-refractivity contribution in [3.8, 4) is 5.75 Å². The van der Waals surface area contributed by atoms with E-state index in [4.69, 9.17) is 16.3 Å². The lowest BCUT2D eigenvalue weighted by atomic mass is 10.1. The van der Waals surface area contributed by atoms with Gasteiger partial charge in [0.2, 0.25) is 0 Å². The number of aliphatic hydroxyl groups excluding tert-OH is 1. The van der Waals surface area contributed by atoms with E-state index >= 15 is 0 Å². The molecule has 2 atom stereocenters. The lowest BCUT2D eigenvalue weighted by Crippen LogP contribution is -2.33. The van der Waals surface area contributed by atoms with Gasteiger partial charge in [-0.25, -0.2) is 0 Å². The SMILES string of the molecule is CC(NCC(O)COc1ccccc1Cl)c1cccc(NC(=O)c2ccccc2)c1. The summed E-state index contributed by atoms with van der Waals surface area (Å²) in [4.78, 5) is 12.3. The molecule has 0 aromatic heterocycles. The third-order valence-corrected chi connectivity index (χ3v) is 4.92. The topological polar surface area (TPSA) is 70.6 Å². The van der Waals surface area contributed by atoms with E-state index in [-0.39, 0.29) is 18.6 Å². The van der Waals surface area contributed by atoms with Crippen LogP contribution in [-0.4, -0.2) is 30.3 Å². The minimum Gasteiger partial charge on any atom is -0.489 e. The molecule has 0 saturated heterocycles. The van der Waals surface area contributed by atoms with Crippen LogP contribution in [-0.2, 0) is 0 Å². The molecule has 3 N–H and O–H groups in total. The molecule has 0 saturated carbocycles. The van der Waals surface area contributed by atoms with Crippen LogP contribution in [0.25, 0.3) is 0 Å². The van der Waals surface area contributed by atoms with Crippen LogP contribution in [0.4, 0.5) is 5.69 Å². The van der Waals surface area contributed by atoms with Crippen LogP contribution in [0.5, 0.6) is 5.75 Å². The van der Waals surface area contributed by atoms with Gasteiger partial charge < -0.3 is 20.5 Å². The molecule has 6 heteroatoms. The second-order valence-corrected chi connectivity index (χ2v) is 7.38. The fourth-order valence-corrected chi connectivity index (χ4v) is 3.11. The monoisotopic (exact) mass is 424 g/mol. The number of aliphatic hydroxyl groups is 1. The highest BCUT2D eigenvalue weighted by molar-refractivity contribution is 6.32. The largest absolute Gasteiger partial charge is 0.489 e. The van der Waals surface area contributed by atoms with Crippen molar-refractivity contribution in [2.75, 3.05) is 18.5 Å². The molecule has 0 spiro atoms. The van der Waals surface area contributed by atoms with Crippen molar-refractivity contribution in [1.29, 1.82) is 0 Å². The predicted molar refractivity (Wildman–Crippen MR) is 120 cm³/mol. The number of anilines is 1. The maximum absolute atomic E-state index is 12.3. The molecule has 30 heavy (non-hydrogen) atoms. The molecule has 0 radical (unpaired) electrons. The number of ether oxygens (including phenoxy) is 1. The maximum Gasteiger partial charge on any atom is 0.255 e. The van der Waals surface area contributed by atoms with E-state index in [1.54, 1.807) is 24.3 Å². The van der Waals surface area contributed by atoms with Crippen LogP contribution in [0, 0.1) is 0 Å². The van der Waals surface area contributed by atoms with Gasteiger partial charge in [-0.05, 0) is 48.9 Å². The quantitative estimate of drug-likeness (QED) is 0.466. The van der Waals surface area contributed by atoms with Crippen molar-refractivity contribution in [3.05, 3.63) is 95.0 Å². The van der Waals surface area contributed by atoms with Gasteiger partial charge in [0.15, 0.2) is 0 Å². The predicted octanol–water partition coefficient (Wildman–Crippen LogP) is 4.68. The minimum atomic E-state index is -0.690. The summed E-state index contributed by atoms with van der Waals surface area (Å²) in [6.07, 6.45) is -0.690. The summed E-state index contributed by atoms with van der Waals surface area (Å²) >= 11 is 6.05. The number of benzene rings is 3. The van der Waals surface area contributed by atoms with Crippen molar-refractivity contribution < 1.29 is 14.6 Å². The number of hydrogen-bond donors (Lipinski definition) is 3. The minimum absolute atomic E-state index is 0.0199. The molecule has 0 aliphatic rings. The second kappa shape index (κ2) is 10.8. The first-order valence-corrected chi connectivity index (χ1v) is 10.2. The molecule has 0 fully saturated rings. The van der Waals surface area contributed by atoms with Gasteiger partial charge in [0.1, 0.15) is 18.5 Å². The van der Waals surface area contributed by atoms with Crippen molar-refractivity contribution in [3.63, 3.8) is 0 Å². The normalized spacial score (nSPS) is 12.8. The van der Waals surface area contributed by atoms with Crippen LogP contribution in [0.1, 0.15) is 28.9 Å². The Bertz CT molecular complexity index is 965. The molecule has 0 bridgehead atoms. The first-order valence-electron chi connectivity index (χ1n) is 9.78. The van der Waals surface area contributed by atoms with Crippen LogP contribution < -0.4 is 15.4 Å². The Morgan fingerprint density at radius 3 is 2.53 bits per heavy atom. The van der Waals surface area contributed by atoms with Gasteiger partial charge in [0.25, 0.3) is 5.91 Å². The molecule has 156 valence electrons. The van der Waals surface area contributed by atoms with Gasteiger partial charge in [-0.15, -0.1) is 0 Å². The van der Waals surface area contributed by atoms with E-state index in [9.17, 15) is 9.90 Å². The summed E-state index contributed by atoms with van der Waals surface area (Å²) in [5, 5.41) is 16.9. The van der Waals surface area contributed by atoms with Crippen molar-refractivity contribution in [1.82, 2.24) is 5.32 Å². The van der Waals surface area contributed by atoms with Gasteiger partial charge in [0.05, 0.1) is 5.02 Å². The zero-order chi connectivity index (χ0) is 21.3. The van der Waals surface area contributed by atoms with Crippen LogP contribution >= 0.6 is 11.6 Å². The Morgan fingerprint density at radius 2 is 1.77 bits per heavy atom. The average molecular weight is 425 g/mol. The first-order chi connectivity index (χ1) is 14.5. The Morgan fingerprint density at radius 1 is 1.03 bits per heavy atom. The summed E-state index contributed by atoms with van der Waals surface area (Å²) in [7, 11) is 0. The smallest absolute Gasteiger partial charge is 0.255 e. The number of nitrogens with one attached hydrogen (secondary N) is 2. The van der Waals surface area contributed by atoms with Gasteiger partial charge >= 0.3 is 0 Å². The maximum atomic E-state index is 12.3. The van der Waals surface area contributed by atoms with Crippen LogP contribution in [0.15, 0.2) is 78.9 Å². The summed E-state index contributed by atoms with van der Waals surface area (Å²) in [6, 6.07) is 23.9. The van der Waals surface area contributed by atoms with E-state index in [0.717, 1.165) is 11.3 Å². The highest BCUT2D eigenvalue weighted by Crippen LogP contribution is 2.23. The van der Waals surface area contributed by atoms with E-state index in [1.807, 2.05) is 61.5 Å². The zero-order valence-corrected chi connectivity index (χ0v) is 17.5. The highest BCUT2D eigenvalue weighted by Gasteiger charge is 2.12. The number of amides is 1. The molecule has 3 aromatic carbocycles. The van der Waals surface area contributed by atoms with E-state index < -0.39 is 6.10 Å². The second-order valence-electron chi connectivity index (χ2n) is 6.97. The van der Waals surface area contributed by atoms with Gasteiger partial charge in [-0.1, -0.05) is 54.1 Å². The molecular formula is C24H25ClN2O3. The number of carbonyl (C=O) groups is 1. The number of halogens is 1. The molecular weight excluding hydrogens is 400 g/mol. The van der Waals surface area contributed by atoms with Crippen LogP contribution in [0.3, 0.4) is 0 Å². The van der Waals surface area contributed by atoms with E-state index in [2.05, 4.69) is 10.6 Å². The molecule has 3 rings (SSSR count). The van der Waals surface area contributed by atoms with Crippen molar-refractivity contribution >= 4 is 23.2 Å². The molecule has 5 nitrogen and oxygen atoms in total. The van der Waals surface area contributed by atoms with E-state index in [0.29, 0.717) is 22.9 Å². The van der Waals surface area contributed by atoms with Crippen molar-refractivity contribution in [2.24, 2.45) is 0 Å². The Kier molecular flexibility index (Phi) is 7.85. The molecule has 1 amide bonds. The molecule has 2 unspecified atom stereocenters. The highest BCUT2D eigenvalue weighted by atomic mass is 35.5. The fraction of sp³-hybridized carbons (Fsp3) is 0.208. The first kappa shape index (κ1) is 21.8. The van der Waals surface area contributed by atoms with Crippen molar-refractivity contribution in [2.45, 2.75) is 19.1 Å². The summed E-state index contributed by atoms with van der Waals surface area (Å²) < 4.78 is 5.57. The fourth-order valence-electron chi connectivity index (χ4n) is 2.92. The average Bonchev–Trinajstić information content (AvgIpc) is 2.77. The molecule has 0 heterocycles. The third kappa shape index (κ3) is 6.32. The number of para-hydroxylation sites is 1. The Balaban J connectivity index is 1.50. The molecule has 0 aliphatic heterocycles. The summed E-state index contributed by atoms with van der Waals surface area (Å²) in [5.41, 5.74) is 2.33. The Hall–Kier alpha value is -2.86. The van der Waals surface area contributed by atoms with Crippen LogP contribution in [0.2, 0.25) is 5.02 Å². The number of hydrogen-bond acceptors (Lipinski definition) is 4. The van der Waals surface area contributed by atoms with Gasteiger partial charge in [-0.3, -0.25) is 4.79 Å². The van der Waals surface area contributed by atoms with E-state index in [1.165, 1.54) is 0 Å². The lowest BCUT2D eigenvalue weighted by molar-refractivity contribution is 0.102. The third-order valence-electron chi connectivity index (χ3n) is 4.61. The Labute approximate surface area is 181 Å². The molecule has 3 aromatic rings. The molecule has 0 aliphatic carbocycles. The van der Waals surface area contributed by atoms with Gasteiger partial charge in [-0.2, -0.15) is 0 Å². The number of rotatable bonds is 9. The standard InChI is InChI=1S/C24H25ClN2O3/c1-17(26-15-21(28)16-30-23-13-6-5-12-22(23)25)19-10-7-11-20(14-19)27-24(29)18-8-3-2-4-9-18/h2-14,17,21,26,28H,15-16H2,1H3,(H,27,29). The zero-order valence-electron chi connectivity index (χ0n) is 16.7. The van der Waals surface area contributed by atoms with Gasteiger partial charge in [0, 0.05) is 23.8 Å². The number of carbonyl (C=O) groups excluding carboxylic acids is 1. The summed E-state index contributed by atoms with van der Waals surface area (Å²) in [6.45, 7) is 2.49. The lowest BCUT2D eigenvalue weighted by Gasteiger charge is -2.19. The summed E-state index contributed by atoms with van der Waals surface area (Å²) in [5.74, 6) is 0.397.